The number of aromatic nitrogens is 2. The van der Waals surface area contributed by atoms with Crippen molar-refractivity contribution >= 4 is 17.5 Å². The Hall–Kier alpha value is -3.27. The van der Waals surface area contributed by atoms with Gasteiger partial charge < -0.3 is 20.1 Å². The number of carbonyl (C=O) groups excluding carboxylic acids is 2. The second-order valence-electron chi connectivity index (χ2n) is 8.77. The topological polar surface area (TPSA) is 114 Å². The van der Waals surface area contributed by atoms with Crippen LogP contribution in [0.4, 0.5) is 10.1 Å². The Morgan fingerprint density at radius 2 is 2.12 bits per heavy atom. The van der Waals surface area contributed by atoms with Gasteiger partial charge in [0, 0.05) is 19.0 Å². The van der Waals surface area contributed by atoms with Crippen molar-refractivity contribution in [2.45, 2.75) is 64.8 Å². The van der Waals surface area contributed by atoms with Crippen LogP contribution in [-0.4, -0.2) is 39.1 Å². The summed E-state index contributed by atoms with van der Waals surface area (Å²) in [7, 11) is 0. The second-order valence-corrected chi connectivity index (χ2v) is 8.77. The standard InChI is InChI=1S/C23H27FN4O5/c1-4-15-7-8-17(29)28(15)16-11-14(24)6-5-13(16)12-25-20(31)18-19(30)21(32)27-9-10-33-23(2,3)22(27)26-18/h5-6,11,15,30H,4,7-10,12H2,1-3H3,(H,25,31). The minimum atomic E-state index is -0.907. The lowest BCUT2D eigenvalue weighted by Gasteiger charge is -2.32. The Kier molecular flexibility index (Phi) is 5.96. The van der Waals surface area contributed by atoms with Crippen molar-refractivity contribution in [2.75, 3.05) is 11.5 Å². The third kappa shape index (κ3) is 4.10. The van der Waals surface area contributed by atoms with Crippen LogP contribution in [0.15, 0.2) is 23.0 Å². The molecule has 176 valence electrons. The molecule has 1 unspecified atom stereocenters. The largest absolute Gasteiger partial charge is 0.501 e. The van der Waals surface area contributed by atoms with E-state index in [2.05, 4.69) is 10.3 Å². The highest BCUT2D eigenvalue weighted by Crippen LogP contribution is 2.32. The van der Waals surface area contributed by atoms with Gasteiger partial charge in [-0.25, -0.2) is 9.37 Å². The first-order chi connectivity index (χ1) is 15.6. The number of carbonyl (C=O) groups is 2. The predicted molar refractivity (Wildman–Crippen MR) is 118 cm³/mol. The molecule has 1 aromatic heterocycles. The molecule has 0 bridgehead atoms. The summed E-state index contributed by atoms with van der Waals surface area (Å²) >= 11 is 0. The number of hydrogen-bond donors (Lipinski definition) is 2. The molecule has 3 heterocycles. The van der Waals surface area contributed by atoms with E-state index in [9.17, 15) is 23.9 Å². The third-order valence-corrected chi connectivity index (χ3v) is 6.22. The molecule has 10 heteroatoms. The van der Waals surface area contributed by atoms with Crippen molar-refractivity contribution in [3.05, 3.63) is 51.5 Å². The molecule has 2 aromatic rings. The van der Waals surface area contributed by atoms with Gasteiger partial charge >= 0.3 is 0 Å². The summed E-state index contributed by atoms with van der Waals surface area (Å²) in [6.45, 7) is 5.88. The number of ether oxygens (including phenoxy) is 1. The van der Waals surface area contributed by atoms with Gasteiger partial charge in [-0.3, -0.25) is 19.0 Å². The number of nitrogens with zero attached hydrogens (tertiary/aromatic N) is 3. The average molecular weight is 458 g/mol. The highest BCUT2D eigenvalue weighted by Gasteiger charge is 2.35. The molecule has 2 N–H and O–H groups in total. The zero-order valence-corrected chi connectivity index (χ0v) is 18.9. The van der Waals surface area contributed by atoms with Crippen molar-refractivity contribution in [3.8, 4) is 5.75 Å². The van der Waals surface area contributed by atoms with E-state index in [0.717, 1.165) is 6.42 Å². The summed E-state index contributed by atoms with van der Waals surface area (Å²) in [5, 5.41) is 13.0. The second kappa shape index (κ2) is 8.58. The molecule has 2 aliphatic rings. The fourth-order valence-corrected chi connectivity index (χ4v) is 4.46. The molecule has 0 saturated carbocycles. The van der Waals surface area contributed by atoms with Gasteiger partial charge in [-0.15, -0.1) is 0 Å². The number of rotatable bonds is 5. The monoisotopic (exact) mass is 458 g/mol. The minimum Gasteiger partial charge on any atom is -0.501 e. The van der Waals surface area contributed by atoms with Gasteiger partial charge in [-0.05, 0) is 44.4 Å². The van der Waals surface area contributed by atoms with Gasteiger partial charge in [0.2, 0.25) is 11.7 Å². The van der Waals surface area contributed by atoms with E-state index in [-0.39, 0.29) is 37.5 Å². The summed E-state index contributed by atoms with van der Waals surface area (Å²) in [5.41, 5.74) is -1.08. The van der Waals surface area contributed by atoms with Crippen molar-refractivity contribution in [1.29, 1.82) is 0 Å². The highest BCUT2D eigenvalue weighted by molar-refractivity contribution is 5.97. The first kappa shape index (κ1) is 22.9. The van der Waals surface area contributed by atoms with Gasteiger partial charge in [0.25, 0.3) is 11.5 Å². The van der Waals surface area contributed by atoms with Crippen LogP contribution < -0.4 is 15.8 Å². The summed E-state index contributed by atoms with van der Waals surface area (Å²) in [6, 6.07) is 4.01. The number of benzene rings is 1. The zero-order valence-electron chi connectivity index (χ0n) is 18.9. The molecule has 0 aliphatic carbocycles. The maximum atomic E-state index is 14.0. The summed E-state index contributed by atoms with van der Waals surface area (Å²) in [4.78, 5) is 43.8. The Balaban J connectivity index is 1.63. The number of halogens is 1. The van der Waals surface area contributed by atoms with Gasteiger partial charge in [-0.2, -0.15) is 0 Å². The average Bonchev–Trinajstić information content (AvgIpc) is 3.15. The third-order valence-electron chi connectivity index (χ3n) is 6.22. The highest BCUT2D eigenvalue weighted by atomic mass is 19.1. The molecular formula is C23H27FN4O5. The lowest BCUT2D eigenvalue weighted by atomic mass is 10.1. The lowest BCUT2D eigenvalue weighted by Crippen LogP contribution is -2.42. The first-order valence-electron chi connectivity index (χ1n) is 11.0. The SMILES string of the molecule is CCC1CCC(=O)N1c1cc(F)ccc1CNC(=O)c1nc2n(c(=O)c1O)CCOC2(C)C. The van der Waals surface area contributed by atoms with E-state index >= 15 is 0 Å². The zero-order chi connectivity index (χ0) is 23.9. The maximum Gasteiger partial charge on any atom is 0.296 e. The van der Waals surface area contributed by atoms with Crippen LogP contribution in [0, 0.1) is 5.82 Å². The van der Waals surface area contributed by atoms with Crippen LogP contribution in [0.3, 0.4) is 0 Å². The molecule has 33 heavy (non-hydrogen) atoms. The van der Waals surface area contributed by atoms with Crippen molar-refractivity contribution in [3.63, 3.8) is 0 Å². The molecule has 1 saturated heterocycles. The number of fused-ring (bicyclic) bond motifs is 1. The van der Waals surface area contributed by atoms with Crippen LogP contribution in [0.1, 0.15) is 61.9 Å². The van der Waals surface area contributed by atoms with Crippen molar-refractivity contribution in [2.24, 2.45) is 0 Å². The van der Waals surface area contributed by atoms with Gasteiger partial charge in [-0.1, -0.05) is 13.0 Å². The van der Waals surface area contributed by atoms with Crippen LogP contribution in [0.25, 0.3) is 0 Å². The molecule has 1 fully saturated rings. The summed E-state index contributed by atoms with van der Waals surface area (Å²) in [5.74, 6) is -1.83. The fraction of sp³-hybridized carbons (Fsp3) is 0.478. The Morgan fingerprint density at radius 1 is 1.36 bits per heavy atom. The molecule has 0 radical (unpaired) electrons. The molecular weight excluding hydrogens is 431 g/mol. The van der Waals surface area contributed by atoms with E-state index in [4.69, 9.17) is 4.74 Å². The van der Waals surface area contributed by atoms with Crippen LogP contribution in [0.5, 0.6) is 5.75 Å². The van der Waals surface area contributed by atoms with Crippen molar-refractivity contribution in [1.82, 2.24) is 14.9 Å². The van der Waals surface area contributed by atoms with Crippen molar-refractivity contribution < 1.29 is 23.8 Å². The van der Waals surface area contributed by atoms with E-state index in [0.29, 0.717) is 24.1 Å². The van der Waals surface area contributed by atoms with Crippen LogP contribution in [-0.2, 0) is 28.2 Å². The summed E-state index contributed by atoms with van der Waals surface area (Å²) in [6.07, 6.45) is 1.80. The molecule has 2 aliphatic heterocycles. The Morgan fingerprint density at radius 3 is 2.85 bits per heavy atom. The minimum absolute atomic E-state index is 0.0395. The smallest absolute Gasteiger partial charge is 0.296 e. The predicted octanol–water partition coefficient (Wildman–Crippen LogP) is 2.19. The molecule has 1 aromatic carbocycles. The quantitative estimate of drug-likeness (QED) is 0.710. The molecule has 9 nitrogen and oxygen atoms in total. The maximum absolute atomic E-state index is 14.0. The van der Waals surface area contributed by atoms with Crippen LogP contribution in [0.2, 0.25) is 0 Å². The fourth-order valence-electron chi connectivity index (χ4n) is 4.46. The van der Waals surface area contributed by atoms with E-state index in [1.54, 1.807) is 18.7 Å². The molecule has 1 atom stereocenters. The van der Waals surface area contributed by atoms with Gasteiger partial charge in [0.1, 0.15) is 17.2 Å². The number of hydrogen-bond acceptors (Lipinski definition) is 6. The lowest BCUT2D eigenvalue weighted by molar-refractivity contribution is -0.117. The number of anilines is 1. The van der Waals surface area contributed by atoms with E-state index < -0.39 is 34.3 Å². The normalized spacial score (nSPS) is 19.5. The first-order valence-corrected chi connectivity index (χ1v) is 11.0. The number of nitrogens with one attached hydrogen (secondary N) is 1. The number of amides is 2. The van der Waals surface area contributed by atoms with Crippen LogP contribution >= 0.6 is 0 Å². The molecule has 0 spiro atoms. The summed E-state index contributed by atoms with van der Waals surface area (Å²) < 4.78 is 21.0. The Labute approximate surface area is 190 Å². The molecule has 2 amide bonds. The number of aromatic hydroxyl groups is 1. The molecule has 4 rings (SSSR count). The van der Waals surface area contributed by atoms with Gasteiger partial charge in [0.15, 0.2) is 5.69 Å². The van der Waals surface area contributed by atoms with Gasteiger partial charge in [0.05, 0.1) is 18.8 Å². The van der Waals surface area contributed by atoms with E-state index in [1.807, 2.05) is 6.92 Å². The Bertz CT molecular complexity index is 1180. The van der Waals surface area contributed by atoms with E-state index in [1.165, 1.54) is 22.8 Å².